The molecule has 2 nitrogen and oxygen atoms in total. The van der Waals surface area contributed by atoms with Gasteiger partial charge < -0.3 is 0 Å². The highest BCUT2D eigenvalue weighted by Gasteiger charge is 2.16. The van der Waals surface area contributed by atoms with Crippen molar-refractivity contribution in [2.75, 3.05) is 0 Å². The second-order valence-corrected chi connectivity index (χ2v) is 6.66. The van der Waals surface area contributed by atoms with Gasteiger partial charge in [-0.15, -0.1) is 0 Å². The Morgan fingerprint density at radius 2 is 0.905 bits per heavy atom. The Morgan fingerprint density at radius 1 is 0.476 bits per heavy atom. The first-order chi connectivity index (χ1) is 10.2. The summed E-state index contributed by atoms with van der Waals surface area (Å²) in [5.74, 6) is 0. The quantitative estimate of drug-likeness (QED) is 0.726. The monoisotopic (exact) mass is 294 g/mol. The summed E-state index contributed by atoms with van der Waals surface area (Å²) in [6.45, 7) is 0. The van der Waals surface area contributed by atoms with Crippen molar-refractivity contribution in [1.82, 2.24) is 0 Å². The van der Waals surface area contributed by atoms with Gasteiger partial charge in [-0.25, -0.2) is 8.42 Å². The highest BCUT2D eigenvalue weighted by Crippen LogP contribution is 2.24. The summed E-state index contributed by atoms with van der Waals surface area (Å²) in [6.07, 6.45) is 0. The molecule has 0 spiro atoms. The Balaban J connectivity index is 1.99. The molecule has 0 aromatic heterocycles. The van der Waals surface area contributed by atoms with Crippen LogP contribution in [0.3, 0.4) is 0 Å². The maximum Gasteiger partial charge on any atom is 0.206 e. The number of rotatable bonds is 3. The highest BCUT2D eigenvalue weighted by atomic mass is 32.2. The van der Waals surface area contributed by atoms with Crippen LogP contribution in [0.25, 0.3) is 11.1 Å². The van der Waals surface area contributed by atoms with Crippen LogP contribution in [0, 0.1) is 0 Å². The van der Waals surface area contributed by atoms with Crippen LogP contribution in [0.15, 0.2) is 94.7 Å². The Labute approximate surface area is 124 Å². The van der Waals surface area contributed by atoms with E-state index in [-0.39, 0.29) is 0 Å². The van der Waals surface area contributed by atoms with Crippen molar-refractivity contribution in [2.24, 2.45) is 0 Å². The number of hydrogen-bond donors (Lipinski definition) is 0. The molecule has 21 heavy (non-hydrogen) atoms. The molecule has 0 saturated carbocycles. The zero-order valence-corrected chi connectivity index (χ0v) is 12.1. The van der Waals surface area contributed by atoms with Crippen LogP contribution in [0.2, 0.25) is 0 Å². The van der Waals surface area contributed by atoms with Crippen LogP contribution in [0.5, 0.6) is 0 Å². The van der Waals surface area contributed by atoms with E-state index in [2.05, 4.69) is 0 Å². The molecule has 0 aliphatic carbocycles. The number of benzene rings is 3. The fourth-order valence-corrected chi connectivity index (χ4v) is 3.47. The van der Waals surface area contributed by atoms with E-state index in [1.165, 1.54) is 0 Å². The third-order valence-electron chi connectivity index (χ3n) is 3.33. The molecule has 0 unspecified atom stereocenters. The van der Waals surface area contributed by atoms with Crippen LogP contribution >= 0.6 is 0 Å². The zero-order valence-electron chi connectivity index (χ0n) is 11.3. The van der Waals surface area contributed by atoms with Gasteiger partial charge in [-0.05, 0) is 35.4 Å². The smallest absolute Gasteiger partial charge is 0.206 e. The summed E-state index contributed by atoms with van der Waals surface area (Å²) < 4.78 is 25.0. The molecule has 0 N–H and O–H groups in total. The molecule has 0 heterocycles. The van der Waals surface area contributed by atoms with Crippen LogP contribution < -0.4 is 0 Å². The molecule has 3 aromatic carbocycles. The van der Waals surface area contributed by atoms with E-state index in [0.29, 0.717) is 9.79 Å². The second kappa shape index (κ2) is 5.54. The summed E-state index contributed by atoms with van der Waals surface area (Å²) in [7, 11) is -3.44. The van der Waals surface area contributed by atoms with Crippen molar-refractivity contribution in [3.8, 4) is 11.1 Å². The van der Waals surface area contributed by atoms with Crippen LogP contribution in [0.1, 0.15) is 0 Å². The van der Waals surface area contributed by atoms with Gasteiger partial charge in [0.15, 0.2) is 0 Å². The van der Waals surface area contributed by atoms with Gasteiger partial charge in [0.2, 0.25) is 9.84 Å². The molecule has 0 radical (unpaired) electrons. The minimum absolute atomic E-state index is 0.313. The molecule has 0 amide bonds. The average Bonchev–Trinajstić information content (AvgIpc) is 2.57. The molecule has 0 bridgehead atoms. The molecule has 3 rings (SSSR count). The maximum absolute atomic E-state index is 12.5. The lowest BCUT2D eigenvalue weighted by Crippen LogP contribution is -2.01. The van der Waals surface area contributed by atoms with Gasteiger partial charge in [0.25, 0.3) is 0 Å². The first-order valence-corrected chi connectivity index (χ1v) is 8.12. The fraction of sp³-hybridized carbons (Fsp3) is 0. The Kier molecular flexibility index (Phi) is 3.59. The molecule has 0 aliphatic heterocycles. The van der Waals surface area contributed by atoms with Gasteiger partial charge in [-0.2, -0.15) is 0 Å². The van der Waals surface area contributed by atoms with Gasteiger partial charge in [0.05, 0.1) is 9.79 Å². The van der Waals surface area contributed by atoms with Crippen molar-refractivity contribution in [1.29, 1.82) is 0 Å². The van der Waals surface area contributed by atoms with Crippen LogP contribution in [0.4, 0.5) is 0 Å². The summed E-state index contributed by atoms with van der Waals surface area (Å²) in [5.41, 5.74) is 2.07. The first-order valence-electron chi connectivity index (χ1n) is 6.63. The lowest BCUT2D eigenvalue weighted by Gasteiger charge is -2.06. The lowest BCUT2D eigenvalue weighted by molar-refractivity contribution is 0.596. The first kappa shape index (κ1) is 13.6. The Morgan fingerprint density at radius 3 is 1.48 bits per heavy atom. The van der Waals surface area contributed by atoms with E-state index in [9.17, 15) is 8.42 Å². The summed E-state index contributed by atoms with van der Waals surface area (Å²) >= 11 is 0. The van der Waals surface area contributed by atoms with Crippen molar-refractivity contribution in [2.45, 2.75) is 9.79 Å². The van der Waals surface area contributed by atoms with Gasteiger partial charge in [0.1, 0.15) is 0 Å². The number of sulfone groups is 1. The van der Waals surface area contributed by atoms with Gasteiger partial charge in [0, 0.05) is 0 Å². The standard InChI is InChI=1S/C18H14O2S/c19-21(20,17-9-5-2-6-10-17)18-13-11-16(12-14-18)15-7-3-1-4-8-15/h1-14H. The predicted molar refractivity (Wildman–Crippen MR) is 83.8 cm³/mol. The Hall–Kier alpha value is -2.39. The largest absolute Gasteiger partial charge is 0.219 e. The van der Waals surface area contributed by atoms with Gasteiger partial charge in [-0.1, -0.05) is 60.7 Å². The van der Waals surface area contributed by atoms with E-state index in [1.807, 2.05) is 42.5 Å². The molecule has 104 valence electrons. The fourth-order valence-electron chi connectivity index (χ4n) is 2.19. The normalized spacial score (nSPS) is 11.2. The third kappa shape index (κ3) is 2.73. The molecule has 3 aromatic rings. The maximum atomic E-state index is 12.5. The summed E-state index contributed by atoms with van der Waals surface area (Å²) in [6, 6.07) is 25.4. The third-order valence-corrected chi connectivity index (χ3v) is 5.11. The zero-order chi connectivity index (χ0) is 14.7. The van der Waals surface area contributed by atoms with E-state index in [1.54, 1.807) is 42.5 Å². The van der Waals surface area contributed by atoms with Gasteiger partial charge >= 0.3 is 0 Å². The summed E-state index contributed by atoms with van der Waals surface area (Å²) in [4.78, 5) is 0.630. The Bertz CT molecular complexity index is 821. The topological polar surface area (TPSA) is 34.1 Å². The van der Waals surface area contributed by atoms with Crippen molar-refractivity contribution < 1.29 is 8.42 Å². The predicted octanol–water partition coefficient (Wildman–Crippen LogP) is 4.19. The molecule has 0 atom stereocenters. The van der Waals surface area contributed by atoms with E-state index in [0.717, 1.165) is 11.1 Å². The van der Waals surface area contributed by atoms with E-state index < -0.39 is 9.84 Å². The summed E-state index contributed by atoms with van der Waals surface area (Å²) in [5, 5.41) is 0. The molecular formula is C18H14O2S. The molecule has 0 fully saturated rings. The average molecular weight is 294 g/mol. The number of hydrogen-bond acceptors (Lipinski definition) is 2. The van der Waals surface area contributed by atoms with Crippen LogP contribution in [-0.2, 0) is 9.84 Å². The minimum Gasteiger partial charge on any atom is -0.219 e. The van der Waals surface area contributed by atoms with Crippen molar-refractivity contribution in [3.05, 3.63) is 84.9 Å². The highest BCUT2D eigenvalue weighted by molar-refractivity contribution is 7.91. The second-order valence-electron chi connectivity index (χ2n) is 4.71. The lowest BCUT2D eigenvalue weighted by atomic mass is 10.1. The molecule has 0 aliphatic rings. The molecule has 3 heteroatoms. The van der Waals surface area contributed by atoms with Crippen LogP contribution in [-0.4, -0.2) is 8.42 Å². The van der Waals surface area contributed by atoms with Gasteiger partial charge in [-0.3, -0.25) is 0 Å². The molecule has 0 saturated heterocycles. The van der Waals surface area contributed by atoms with E-state index >= 15 is 0 Å². The minimum atomic E-state index is -3.44. The van der Waals surface area contributed by atoms with E-state index in [4.69, 9.17) is 0 Å². The van der Waals surface area contributed by atoms with Crippen molar-refractivity contribution in [3.63, 3.8) is 0 Å². The SMILES string of the molecule is O=S(=O)(c1ccccc1)c1ccc(-c2ccccc2)cc1. The van der Waals surface area contributed by atoms with Crippen molar-refractivity contribution >= 4 is 9.84 Å². The molecular weight excluding hydrogens is 280 g/mol.